The van der Waals surface area contributed by atoms with Crippen molar-refractivity contribution in [3.05, 3.63) is 42.1 Å². The van der Waals surface area contributed by atoms with Gasteiger partial charge in [0.25, 0.3) is 0 Å². The first-order valence-electron chi connectivity index (χ1n) is 13.3. The molecule has 1 aromatic heterocycles. The Hall–Kier alpha value is -2.64. The van der Waals surface area contributed by atoms with Gasteiger partial charge in [-0.1, -0.05) is 6.07 Å². The van der Waals surface area contributed by atoms with Gasteiger partial charge in [0.1, 0.15) is 5.82 Å². The second kappa shape index (κ2) is 9.43. The summed E-state index contributed by atoms with van der Waals surface area (Å²) < 4.78 is 12.1. The lowest BCUT2D eigenvalue weighted by Crippen LogP contribution is -2.43. The molecule has 6 rings (SSSR count). The second-order valence-electron chi connectivity index (χ2n) is 10.8. The van der Waals surface area contributed by atoms with Gasteiger partial charge in [-0.15, -0.1) is 0 Å². The van der Waals surface area contributed by atoms with Gasteiger partial charge in [-0.25, -0.2) is 4.98 Å². The molecule has 186 valence electrons. The van der Waals surface area contributed by atoms with Crippen LogP contribution in [-0.2, 0) is 20.8 Å². The van der Waals surface area contributed by atoms with Crippen LogP contribution in [0, 0.1) is 5.92 Å². The number of aromatic nitrogens is 1. The fourth-order valence-electron chi connectivity index (χ4n) is 6.18. The van der Waals surface area contributed by atoms with Gasteiger partial charge in [-0.3, -0.25) is 4.79 Å². The largest absolute Gasteiger partial charge is 0.376 e. The number of ether oxygens (including phenoxy) is 2. The van der Waals surface area contributed by atoms with E-state index in [2.05, 4.69) is 53.3 Å². The van der Waals surface area contributed by atoms with E-state index < -0.39 is 0 Å². The Morgan fingerprint density at radius 3 is 2.60 bits per heavy atom. The highest BCUT2D eigenvalue weighted by Gasteiger charge is 2.36. The lowest BCUT2D eigenvalue weighted by Gasteiger charge is -2.35. The number of hydrogen-bond donors (Lipinski definition) is 1. The van der Waals surface area contributed by atoms with Crippen molar-refractivity contribution in [1.82, 2.24) is 4.98 Å². The van der Waals surface area contributed by atoms with Crippen molar-refractivity contribution < 1.29 is 14.3 Å². The van der Waals surface area contributed by atoms with Gasteiger partial charge in [-0.05, 0) is 76.6 Å². The zero-order chi connectivity index (χ0) is 23.9. The zero-order valence-electron chi connectivity index (χ0n) is 20.8. The Morgan fingerprint density at radius 1 is 1.09 bits per heavy atom. The van der Waals surface area contributed by atoms with Crippen molar-refractivity contribution in [2.45, 2.75) is 83.3 Å². The SMILES string of the molecule is CC(C)O[C@H]1CC[C@H](C(=O)N2Cc3cccnc3Nc3ccc(N4C[C@@H]5CC[C@@H](C4)O5)cc32)CC1. The Bertz CT molecular complexity index is 1070. The molecule has 0 radical (unpaired) electrons. The molecule has 1 saturated carbocycles. The molecule has 3 aliphatic heterocycles. The highest BCUT2D eigenvalue weighted by atomic mass is 16.5. The molecule has 1 amide bonds. The number of rotatable bonds is 4. The van der Waals surface area contributed by atoms with Crippen LogP contribution in [0.1, 0.15) is 57.9 Å². The van der Waals surface area contributed by atoms with E-state index in [0.29, 0.717) is 18.8 Å². The predicted molar refractivity (Wildman–Crippen MR) is 137 cm³/mol. The summed E-state index contributed by atoms with van der Waals surface area (Å²) in [6.45, 7) is 6.53. The number of amides is 1. The van der Waals surface area contributed by atoms with Gasteiger partial charge < -0.3 is 24.6 Å². The molecule has 2 aromatic rings. The summed E-state index contributed by atoms with van der Waals surface area (Å²) in [5, 5.41) is 3.51. The lowest BCUT2D eigenvalue weighted by atomic mass is 9.86. The summed E-state index contributed by atoms with van der Waals surface area (Å²) in [7, 11) is 0. The van der Waals surface area contributed by atoms with E-state index in [9.17, 15) is 4.79 Å². The summed E-state index contributed by atoms with van der Waals surface area (Å²) in [6, 6.07) is 10.5. The molecule has 1 aromatic carbocycles. The summed E-state index contributed by atoms with van der Waals surface area (Å²) in [5.74, 6) is 1.07. The molecule has 2 bridgehead atoms. The van der Waals surface area contributed by atoms with Gasteiger partial charge in [0.05, 0.1) is 42.3 Å². The fraction of sp³-hybridized carbons (Fsp3) is 0.571. The van der Waals surface area contributed by atoms with Gasteiger partial charge in [0.2, 0.25) is 5.91 Å². The maximum Gasteiger partial charge on any atom is 0.230 e. The van der Waals surface area contributed by atoms with Crippen LogP contribution in [0.5, 0.6) is 0 Å². The number of fused-ring (bicyclic) bond motifs is 4. The van der Waals surface area contributed by atoms with Crippen LogP contribution in [0.3, 0.4) is 0 Å². The van der Waals surface area contributed by atoms with Crippen molar-refractivity contribution in [1.29, 1.82) is 0 Å². The molecule has 3 fully saturated rings. The van der Waals surface area contributed by atoms with Crippen molar-refractivity contribution in [3.8, 4) is 0 Å². The minimum absolute atomic E-state index is 0.0240. The topological polar surface area (TPSA) is 66.9 Å². The number of morpholine rings is 1. The molecule has 0 spiro atoms. The quantitative estimate of drug-likeness (QED) is 0.668. The van der Waals surface area contributed by atoms with Crippen LogP contribution in [0.25, 0.3) is 0 Å². The Morgan fingerprint density at radius 2 is 1.86 bits per heavy atom. The minimum atomic E-state index is 0.0240. The summed E-state index contributed by atoms with van der Waals surface area (Å²) in [5.41, 5.74) is 4.09. The molecule has 4 aliphatic rings. The van der Waals surface area contributed by atoms with E-state index in [-0.39, 0.29) is 24.0 Å². The number of nitrogens with zero attached hydrogens (tertiary/aromatic N) is 3. The maximum atomic E-state index is 14.0. The van der Waals surface area contributed by atoms with E-state index >= 15 is 0 Å². The van der Waals surface area contributed by atoms with Crippen molar-refractivity contribution >= 4 is 28.8 Å². The van der Waals surface area contributed by atoms with Crippen LogP contribution < -0.4 is 15.1 Å². The monoisotopic (exact) mass is 476 g/mol. The van der Waals surface area contributed by atoms with Gasteiger partial charge >= 0.3 is 0 Å². The zero-order valence-corrected chi connectivity index (χ0v) is 20.8. The standard InChI is InChI=1S/C28H36N4O3/c1-18(2)34-22-8-5-19(6-9-22)28(33)32-15-20-4-3-13-29-27(20)30-25-12-7-21(14-26(25)32)31-16-23-10-11-24(17-31)35-23/h3-4,7,12-14,18-19,22-24H,5-6,8-11,15-17H2,1-2H3,(H,29,30)/t19-,22-,23-,24-/m0/s1. The molecule has 7 heteroatoms. The third kappa shape index (κ3) is 4.64. The number of benzene rings is 1. The van der Waals surface area contributed by atoms with Crippen molar-refractivity contribution in [2.24, 2.45) is 5.92 Å². The number of anilines is 4. The van der Waals surface area contributed by atoms with Crippen LogP contribution >= 0.6 is 0 Å². The Labute approximate surface area is 207 Å². The first-order valence-corrected chi connectivity index (χ1v) is 13.3. The van der Waals surface area contributed by atoms with E-state index in [0.717, 1.165) is 80.1 Å². The summed E-state index contributed by atoms with van der Waals surface area (Å²) in [4.78, 5) is 23.0. The number of pyridine rings is 1. The average molecular weight is 477 g/mol. The Kier molecular flexibility index (Phi) is 6.14. The maximum absolute atomic E-state index is 14.0. The normalized spacial score (nSPS) is 27.7. The van der Waals surface area contributed by atoms with Crippen LogP contribution in [0.15, 0.2) is 36.5 Å². The molecule has 2 saturated heterocycles. The average Bonchev–Trinajstić information content (AvgIpc) is 3.11. The molecule has 0 unspecified atom stereocenters. The highest BCUT2D eigenvalue weighted by Crippen LogP contribution is 2.41. The molecule has 7 nitrogen and oxygen atoms in total. The van der Waals surface area contributed by atoms with Crippen LogP contribution in [0.2, 0.25) is 0 Å². The highest BCUT2D eigenvalue weighted by molar-refractivity contribution is 6.00. The third-order valence-corrected chi connectivity index (χ3v) is 7.91. The molecule has 4 heterocycles. The van der Waals surface area contributed by atoms with Crippen molar-refractivity contribution in [3.63, 3.8) is 0 Å². The van der Waals surface area contributed by atoms with Gasteiger partial charge in [0, 0.05) is 36.5 Å². The molecule has 1 aliphatic carbocycles. The smallest absolute Gasteiger partial charge is 0.230 e. The fourth-order valence-corrected chi connectivity index (χ4v) is 6.18. The molecule has 1 N–H and O–H groups in total. The minimum Gasteiger partial charge on any atom is -0.376 e. The predicted octanol–water partition coefficient (Wildman–Crippen LogP) is 5.02. The van der Waals surface area contributed by atoms with Crippen molar-refractivity contribution in [2.75, 3.05) is 28.2 Å². The van der Waals surface area contributed by atoms with Crippen LogP contribution in [0.4, 0.5) is 22.9 Å². The summed E-state index contributed by atoms with van der Waals surface area (Å²) in [6.07, 6.45) is 8.87. The molecular weight excluding hydrogens is 440 g/mol. The van der Waals surface area contributed by atoms with E-state index in [1.807, 2.05) is 11.0 Å². The van der Waals surface area contributed by atoms with E-state index in [1.54, 1.807) is 6.20 Å². The lowest BCUT2D eigenvalue weighted by molar-refractivity contribution is -0.124. The molecule has 35 heavy (non-hydrogen) atoms. The molecular formula is C28H36N4O3. The number of carbonyl (C=O) groups excluding carboxylic acids is 1. The summed E-state index contributed by atoms with van der Waals surface area (Å²) >= 11 is 0. The first-order chi connectivity index (χ1) is 17.0. The second-order valence-corrected chi connectivity index (χ2v) is 10.8. The van der Waals surface area contributed by atoms with Crippen LogP contribution in [-0.4, -0.2) is 48.4 Å². The van der Waals surface area contributed by atoms with E-state index in [4.69, 9.17) is 9.47 Å². The number of carbonyl (C=O) groups is 1. The van der Waals surface area contributed by atoms with E-state index in [1.165, 1.54) is 0 Å². The Balaban J connectivity index is 1.29. The molecule has 2 atom stereocenters. The third-order valence-electron chi connectivity index (χ3n) is 7.91. The first kappa shape index (κ1) is 22.8. The number of nitrogens with one attached hydrogen (secondary N) is 1. The van der Waals surface area contributed by atoms with Gasteiger partial charge in [-0.2, -0.15) is 0 Å². The number of hydrogen-bond acceptors (Lipinski definition) is 6. The van der Waals surface area contributed by atoms with Gasteiger partial charge in [0.15, 0.2) is 0 Å².